The Morgan fingerprint density at radius 2 is 1.66 bits per heavy atom. The Kier molecular flexibility index (Phi) is 10.9. The highest BCUT2D eigenvalue weighted by atomic mass is 19.1. The van der Waals surface area contributed by atoms with Gasteiger partial charge in [0.1, 0.15) is 29.1 Å². The number of carbonyl (C=O) groups excluding carboxylic acids is 1. The van der Waals surface area contributed by atoms with Crippen LogP contribution in [0.5, 0.6) is 11.5 Å². The molecule has 0 saturated carbocycles. The summed E-state index contributed by atoms with van der Waals surface area (Å²) in [5, 5.41) is 12.8. The molecule has 44 heavy (non-hydrogen) atoms. The molecule has 0 amide bonds. The molecule has 8 nitrogen and oxygen atoms in total. The maximum atomic E-state index is 13.2. The van der Waals surface area contributed by atoms with E-state index < -0.39 is 17.8 Å². The zero-order valence-corrected chi connectivity index (χ0v) is 25.3. The van der Waals surface area contributed by atoms with Gasteiger partial charge in [-0.15, -0.1) is 0 Å². The number of carboxylic acids is 1. The molecular weight excluding hydrogens is 563 g/mol. The van der Waals surface area contributed by atoms with Crippen LogP contribution >= 0.6 is 0 Å². The lowest BCUT2D eigenvalue weighted by atomic mass is 10.0. The number of ketones is 1. The van der Waals surface area contributed by atoms with Gasteiger partial charge in [-0.1, -0.05) is 19.1 Å². The number of carbonyl (C=O) groups is 2. The molecule has 0 aliphatic carbocycles. The fourth-order valence-electron chi connectivity index (χ4n) is 4.48. The van der Waals surface area contributed by atoms with E-state index in [-0.39, 0.29) is 18.3 Å². The lowest BCUT2D eigenvalue weighted by Gasteiger charge is -2.18. The highest BCUT2D eigenvalue weighted by Crippen LogP contribution is 2.25. The minimum atomic E-state index is -1.04. The molecule has 0 saturated heterocycles. The van der Waals surface area contributed by atoms with Crippen LogP contribution in [0.1, 0.15) is 54.6 Å². The van der Waals surface area contributed by atoms with Crippen molar-refractivity contribution >= 4 is 11.8 Å². The van der Waals surface area contributed by atoms with E-state index in [4.69, 9.17) is 13.9 Å². The van der Waals surface area contributed by atoms with Gasteiger partial charge < -0.3 is 24.3 Å². The van der Waals surface area contributed by atoms with Crippen molar-refractivity contribution in [1.82, 2.24) is 10.3 Å². The fraction of sp³-hybridized carbons (Fsp3) is 0.286. The number of ether oxygens (including phenoxy) is 2. The Labute approximate surface area is 256 Å². The average molecular weight is 601 g/mol. The normalized spacial score (nSPS) is 12.2. The number of carboxylic acid groups (broad SMARTS) is 1. The number of aliphatic carboxylic acids is 1. The van der Waals surface area contributed by atoms with E-state index in [0.717, 1.165) is 28.3 Å². The van der Waals surface area contributed by atoms with E-state index >= 15 is 0 Å². The van der Waals surface area contributed by atoms with Crippen molar-refractivity contribution in [2.45, 2.75) is 59.1 Å². The van der Waals surface area contributed by atoms with Crippen LogP contribution in [0.2, 0.25) is 0 Å². The third-order valence-electron chi connectivity index (χ3n) is 6.81. The summed E-state index contributed by atoms with van der Waals surface area (Å²) < 4.78 is 30.7. The van der Waals surface area contributed by atoms with Gasteiger partial charge in [0.25, 0.3) is 0 Å². The molecule has 2 N–H and O–H groups in total. The Morgan fingerprint density at radius 1 is 1.00 bits per heavy atom. The van der Waals surface area contributed by atoms with Gasteiger partial charge in [-0.3, -0.25) is 4.79 Å². The number of benzene rings is 3. The molecule has 0 aliphatic heterocycles. The minimum Gasteiger partial charge on any atom is -0.493 e. The summed E-state index contributed by atoms with van der Waals surface area (Å²) in [6, 6.07) is 19.1. The SMILES string of the molecule is CCC(=CC(=O)c1ccc(F)cc1)N[C@@H](Cc1ccc(OCCc2nc(-c3ccc(OC(C)C)cc3)oc2C)cc1)C(=O)O. The van der Waals surface area contributed by atoms with Crippen molar-refractivity contribution in [1.29, 1.82) is 0 Å². The van der Waals surface area contributed by atoms with Gasteiger partial charge >= 0.3 is 5.97 Å². The molecule has 4 aromatic rings. The van der Waals surface area contributed by atoms with Crippen molar-refractivity contribution in [2.75, 3.05) is 6.61 Å². The molecule has 0 spiro atoms. The van der Waals surface area contributed by atoms with Crippen LogP contribution in [-0.2, 0) is 17.6 Å². The molecule has 3 aromatic carbocycles. The quantitative estimate of drug-likeness (QED) is 0.111. The van der Waals surface area contributed by atoms with Crippen LogP contribution in [0.4, 0.5) is 4.39 Å². The second kappa shape index (κ2) is 15.0. The van der Waals surface area contributed by atoms with Crippen molar-refractivity contribution in [3.05, 3.63) is 113 Å². The van der Waals surface area contributed by atoms with E-state index in [2.05, 4.69) is 10.3 Å². The fourth-order valence-corrected chi connectivity index (χ4v) is 4.48. The Balaban J connectivity index is 1.31. The number of hydrogen-bond acceptors (Lipinski definition) is 7. The Morgan fingerprint density at radius 3 is 2.27 bits per heavy atom. The smallest absolute Gasteiger partial charge is 0.326 e. The maximum absolute atomic E-state index is 13.2. The standard InChI is InChI=1S/C35H37FN2O6/c1-5-28(21-33(39)25-8-12-27(36)13-9-25)37-32(35(40)41)20-24-6-14-29(15-7-24)42-19-18-31-23(4)44-34(38-31)26-10-16-30(17-11-26)43-22(2)3/h6-17,21-22,32,37H,5,18-20H2,1-4H3,(H,40,41)/t32-/m0/s1. The van der Waals surface area contributed by atoms with Crippen molar-refractivity contribution in [3.63, 3.8) is 0 Å². The third-order valence-corrected chi connectivity index (χ3v) is 6.81. The van der Waals surface area contributed by atoms with Gasteiger partial charge in [-0.25, -0.2) is 14.2 Å². The molecule has 1 aromatic heterocycles. The third kappa shape index (κ3) is 9.04. The number of nitrogens with one attached hydrogen (secondary N) is 1. The summed E-state index contributed by atoms with van der Waals surface area (Å²) in [6.07, 6.45) is 2.64. The predicted octanol–water partition coefficient (Wildman–Crippen LogP) is 6.96. The first-order chi connectivity index (χ1) is 21.1. The van der Waals surface area contributed by atoms with E-state index in [1.54, 1.807) is 12.1 Å². The van der Waals surface area contributed by atoms with E-state index in [9.17, 15) is 19.1 Å². The number of allylic oxidation sites excluding steroid dienone is 2. The number of hydrogen-bond donors (Lipinski definition) is 2. The van der Waals surface area contributed by atoms with Gasteiger partial charge in [-0.2, -0.15) is 0 Å². The average Bonchev–Trinajstić information content (AvgIpc) is 3.37. The monoisotopic (exact) mass is 600 g/mol. The second-order valence-corrected chi connectivity index (χ2v) is 10.6. The summed E-state index contributed by atoms with van der Waals surface area (Å²) in [7, 11) is 0. The van der Waals surface area contributed by atoms with Crippen LogP contribution in [0, 0.1) is 12.7 Å². The molecule has 0 aliphatic rings. The number of rotatable bonds is 15. The largest absolute Gasteiger partial charge is 0.493 e. The number of aromatic nitrogens is 1. The van der Waals surface area contributed by atoms with E-state index in [1.807, 2.05) is 64.1 Å². The molecule has 0 radical (unpaired) electrons. The second-order valence-electron chi connectivity index (χ2n) is 10.6. The number of aryl methyl sites for hydroxylation is 1. The summed E-state index contributed by atoms with van der Waals surface area (Å²) in [6.45, 7) is 8.05. The van der Waals surface area contributed by atoms with Crippen molar-refractivity contribution < 1.29 is 33.0 Å². The summed E-state index contributed by atoms with van der Waals surface area (Å²) in [5.41, 5.74) is 3.27. The predicted molar refractivity (Wildman–Crippen MR) is 165 cm³/mol. The first kappa shape index (κ1) is 32.0. The molecule has 230 valence electrons. The molecule has 1 heterocycles. The summed E-state index contributed by atoms with van der Waals surface area (Å²) >= 11 is 0. The Hall–Kier alpha value is -4.92. The first-order valence-corrected chi connectivity index (χ1v) is 14.6. The van der Waals surface area contributed by atoms with E-state index in [0.29, 0.717) is 42.3 Å². The highest BCUT2D eigenvalue weighted by molar-refractivity contribution is 6.04. The van der Waals surface area contributed by atoms with Gasteiger partial charge in [-0.05, 0) is 93.4 Å². The highest BCUT2D eigenvalue weighted by Gasteiger charge is 2.19. The van der Waals surface area contributed by atoms with Crippen molar-refractivity contribution in [3.8, 4) is 23.0 Å². The van der Waals surface area contributed by atoms with Crippen LogP contribution in [-0.4, -0.2) is 40.6 Å². The van der Waals surface area contributed by atoms with Crippen LogP contribution in [0.25, 0.3) is 11.5 Å². The maximum Gasteiger partial charge on any atom is 0.326 e. The zero-order chi connectivity index (χ0) is 31.6. The van der Waals surface area contributed by atoms with Gasteiger partial charge in [0.2, 0.25) is 5.89 Å². The molecule has 0 unspecified atom stereocenters. The van der Waals surface area contributed by atoms with Crippen molar-refractivity contribution in [2.24, 2.45) is 0 Å². The molecule has 4 rings (SSSR count). The Bertz CT molecular complexity index is 1580. The van der Waals surface area contributed by atoms with Gasteiger partial charge in [0, 0.05) is 35.7 Å². The first-order valence-electron chi connectivity index (χ1n) is 14.6. The summed E-state index contributed by atoms with van der Waals surface area (Å²) in [5.74, 6) is 0.905. The van der Waals surface area contributed by atoms with Crippen LogP contribution < -0.4 is 14.8 Å². The van der Waals surface area contributed by atoms with Gasteiger partial charge in [0.15, 0.2) is 5.78 Å². The number of nitrogens with zero attached hydrogens (tertiary/aromatic N) is 1. The lowest BCUT2D eigenvalue weighted by Crippen LogP contribution is -2.38. The lowest BCUT2D eigenvalue weighted by molar-refractivity contribution is -0.139. The van der Waals surface area contributed by atoms with E-state index in [1.165, 1.54) is 30.3 Å². The molecule has 0 bridgehead atoms. The minimum absolute atomic E-state index is 0.0989. The van der Waals surface area contributed by atoms with Crippen LogP contribution in [0.3, 0.4) is 0 Å². The van der Waals surface area contributed by atoms with Gasteiger partial charge in [0.05, 0.1) is 18.4 Å². The molecular formula is C35H37FN2O6. The molecule has 1 atom stereocenters. The van der Waals surface area contributed by atoms with Crippen LogP contribution in [0.15, 0.2) is 89.0 Å². The zero-order valence-electron chi connectivity index (χ0n) is 25.3. The topological polar surface area (TPSA) is 111 Å². The number of oxazole rings is 1. The molecule has 9 heteroatoms. The number of halogens is 1. The summed E-state index contributed by atoms with van der Waals surface area (Å²) in [4.78, 5) is 29.2. The molecule has 0 fully saturated rings.